The van der Waals surface area contributed by atoms with Crippen LogP contribution in [0, 0.1) is 24.0 Å². The second-order valence-corrected chi connectivity index (χ2v) is 10.7. The van der Waals surface area contributed by atoms with Gasteiger partial charge in [-0.2, -0.15) is 5.10 Å². The van der Waals surface area contributed by atoms with E-state index < -0.39 is 4.92 Å². The molecule has 188 valence electrons. The van der Waals surface area contributed by atoms with Crippen LogP contribution in [0.25, 0.3) is 5.69 Å². The summed E-state index contributed by atoms with van der Waals surface area (Å²) in [7, 11) is 0. The molecule has 0 bridgehead atoms. The second-order valence-electron chi connectivity index (χ2n) is 8.04. The molecule has 37 heavy (non-hydrogen) atoms. The molecule has 0 spiro atoms. The average Bonchev–Trinajstić information content (AvgIpc) is 3.17. The van der Waals surface area contributed by atoms with Crippen molar-refractivity contribution in [2.24, 2.45) is 5.10 Å². The fourth-order valence-electron chi connectivity index (χ4n) is 3.64. The van der Waals surface area contributed by atoms with Gasteiger partial charge in [0.1, 0.15) is 0 Å². The van der Waals surface area contributed by atoms with E-state index in [1.807, 2.05) is 56.3 Å². The summed E-state index contributed by atoms with van der Waals surface area (Å²) in [5.74, 6) is 0.0634. The molecular weight excluding hydrogens is 528 g/mol. The van der Waals surface area contributed by atoms with Crippen LogP contribution in [0.2, 0.25) is 5.02 Å². The number of nitrogens with one attached hydrogen (secondary N) is 1. The minimum Gasteiger partial charge on any atom is -0.318 e. The fraction of sp³-hybridized carbons (Fsp3) is 0.111. The maximum atomic E-state index is 12.2. The van der Waals surface area contributed by atoms with Crippen molar-refractivity contribution in [3.8, 4) is 5.69 Å². The van der Waals surface area contributed by atoms with E-state index in [4.69, 9.17) is 11.6 Å². The van der Waals surface area contributed by atoms with E-state index in [0.717, 1.165) is 37.3 Å². The lowest BCUT2D eigenvalue weighted by molar-refractivity contribution is -0.384. The Morgan fingerprint density at radius 2 is 1.59 bits per heavy atom. The molecule has 0 saturated carbocycles. The van der Waals surface area contributed by atoms with Gasteiger partial charge in [0, 0.05) is 54.5 Å². The Labute approximate surface area is 228 Å². The number of aryl methyl sites for hydroxylation is 1. The summed E-state index contributed by atoms with van der Waals surface area (Å²) in [6, 6.07) is 24.0. The smallest absolute Gasteiger partial charge is 0.269 e. The molecule has 0 unspecified atom stereocenters. The molecule has 0 fully saturated rings. The van der Waals surface area contributed by atoms with Crippen LogP contribution in [-0.4, -0.2) is 27.4 Å². The minimum absolute atomic E-state index is 0.0778. The third-order valence-corrected chi connectivity index (χ3v) is 7.70. The van der Waals surface area contributed by atoms with Crippen LogP contribution in [0.3, 0.4) is 0 Å². The monoisotopic (exact) mass is 550 g/mol. The molecule has 0 atom stereocenters. The van der Waals surface area contributed by atoms with Crippen LogP contribution in [0.1, 0.15) is 17.0 Å². The van der Waals surface area contributed by atoms with Crippen molar-refractivity contribution in [1.82, 2.24) is 9.99 Å². The maximum Gasteiger partial charge on any atom is 0.269 e. The molecule has 4 aromatic rings. The number of carbonyl (C=O) groups excluding carboxylic acids is 1. The molecule has 0 radical (unpaired) electrons. The zero-order valence-electron chi connectivity index (χ0n) is 20.1. The number of aromatic nitrogens is 1. The fourth-order valence-corrected chi connectivity index (χ4v) is 5.27. The summed E-state index contributed by atoms with van der Waals surface area (Å²) in [6.45, 7) is 4.03. The van der Waals surface area contributed by atoms with Crippen LogP contribution in [-0.2, 0) is 4.79 Å². The first kappa shape index (κ1) is 26.5. The van der Waals surface area contributed by atoms with Gasteiger partial charge in [-0.3, -0.25) is 14.9 Å². The molecule has 0 saturated heterocycles. The predicted molar refractivity (Wildman–Crippen MR) is 150 cm³/mol. The van der Waals surface area contributed by atoms with Crippen molar-refractivity contribution in [2.45, 2.75) is 28.5 Å². The number of hydrogen-bond acceptors (Lipinski definition) is 6. The van der Waals surface area contributed by atoms with E-state index in [1.54, 1.807) is 42.2 Å². The standard InChI is InChI=1S/C27H23ClN4O3S2/c1-18-15-20(16-29-30-27(33)17-36-24-9-3-21(28)4-10-24)19(2)31(18)22-5-11-25(12-6-22)37-26-13-7-23(8-14-26)32(34)35/h3-16H,17H2,1-2H3,(H,30,33)/b29-16-. The molecular formula is C27H23ClN4O3S2. The number of non-ortho nitro benzene ring substituents is 1. The Hall–Kier alpha value is -3.53. The second kappa shape index (κ2) is 12.1. The Kier molecular flexibility index (Phi) is 8.70. The van der Waals surface area contributed by atoms with Crippen LogP contribution in [0.15, 0.2) is 98.7 Å². The van der Waals surface area contributed by atoms with Crippen molar-refractivity contribution < 1.29 is 9.72 Å². The number of nitro groups is 1. The Balaban J connectivity index is 1.37. The van der Waals surface area contributed by atoms with Gasteiger partial charge in [0.25, 0.3) is 5.69 Å². The third-order valence-electron chi connectivity index (χ3n) is 5.42. The number of halogens is 1. The molecule has 10 heteroatoms. The molecule has 0 aliphatic carbocycles. The summed E-state index contributed by atoms with van der Waals surface area (Å²) in [5, 5.41) is 15.6. The normalized spacial score (nSPS) is 11.1. The Morgan fingerprint density at radius 3 is 2.22 bits per heavy atom. The van der Waals surface area contributed by atoms with Crippen molar-refractivity contribution >= 4 is 52.9 Å². The first-order valence-corrected chi connectivity index (χ1v) is 13.4. The van der Waals surface area contributed by atoms with Crippen molar-refractivity contribution in [2.75, 3.05) is 5.75 Å². The summed E-state index contributed by atoms with van der Waals surface area (Å²) in [6.07, 6.45) is 1.66. The number of carbonyl (C=O) groups is 1. The highest BCUT2D eigenvalue weighted by molar-refractivity contribution is 8.00. The van der Waals surface area contributed by atoms with Crippen LogP contribution in [0.5, 0.6) is 0 Å². The maximum absolute atomic E-state index is 12.2. The lowest BCUT2D eigenvalue weighted by atomic mass is 10.2. The molecule has 7 nitrogen and oxygen atoms in total. The summed E-state index contributed by atoms with van der Waals surface area (Å²) in [4.78, 5) is 25.5. The Morgan fingerprint density at radius 1 is 1.00 bits per heavy atom. The van der Waals surface area contributed by atoms with Gasteiger partial charge in [-0.1, -0.05) is 23.4 Å². The topological polar surface area (TPSA) is 89.5 Å². The van der Waals surface area contributed by atoms with Gasteiger partial charge >= 0.3 is 0 Å². The highest BCUT2D eigenvalue weighted by Crippen LogP contribution is 2.30. The first-order valence-electron chi connectivity index (χ1n) is 11.2. The number of rotatable bonds is 9. The number of amides is 1. The minimum atomic E-state index is -0.403. The predicted octanol–water partition coefficient (Wildman–Crippen LogP) is 7.05. The van der Waals surface area contributed by atoms with Crippen LogP contribution in [0.4, 0.5) is 5.69 Å². The van der Waals surface area contributed by atoms with Gasteiger partial charge < -0.3 is 4.57 Å². The van der Waals surface area contributed by atoms with Crippen molar-refractivity contribution in [1.29, 1.82) is 0 Å². The summed E-state index contributed by atoms with van der Waals surface area (Å²) < 4.78 is 2.12. The largest absolute Gasteiger partial charge is 0.318 e. The molecule has 1 N–H and O–H groups in total. The van der Waals surface area contributed by atoms with Gasteiger partial charge in [0.05, 0.1) is 16.9 Å². The number of hydrogen-bond donors (Lipinski definition) is 1. The molecule has 1 aromatic heterocycles. The van der Waals surface area contributed by atoms with E-state index in [1.165, 1.54) is 23.9 Å². The lowest BCUT2D eigenvalue weighted by Crippen LogP contribution is -2.19. The van der Waals surface area contributed by atoms with Crippen molar-refractivity contribution in [3.63, 3.8) is 0 Å². The van der Waals surface area contributed by atoms with Crippen molar-refractivity contribution in [3.05, 3.63) is 111 Å². The molecule has 3 aromatic carbocycles. The van der Waals surface area contributed by atoms with E-state index in [2.05, 4.69) is 15.1 Å². The number of thioether (sulfide) groups is 1. The van der Waals surface area contributed by atoms with E-state index >= 15 is 0 Å². The van der Waals surface area contributed by atoms with Gasteiger partial charge in [-0.15, -0.1) is 11.8 Å². The van der Waals surface area contributed by atoms with Crippen LogP contribution >= 0.6 is 35.1 Å². The third kappa shape index (κ3) is 7.03. The van der Waals surface area contributed by atoms with Gasteiger partial charge in [-0.25, -0.2) is 5.43 Å². The molecule has 0 aliphatic rings. The van der Waals surface area contributed by atoms with E-state index in [9.17, 15) is 14.9 Å². The van der Waals surface area contributed by atoms with E-state index in [0.29, 0.717) is 5.02 Å². The number of nitrogens with zero attached hydrogens (tertiary/aromatic N) is 3. The van der Waals surface area contributed by atoms with Gasteiger partial charge in [0.15, 0.2) is 0 Å². The first-order chi connectivity index (χ1) is 17.8. The van der Waals surface area contributed by atoms with Gasteiger partial charge in [0.2, 0.25) is 5.91 Å². The Bertz CT molecular complexity index is 1430. The zero-order chi connectivity index (χ0) is 26.4. The van der Waals surface area contributed by atoms with Gasteiger partial charge in [-0.05, 0) is 80.6 Å². The average molecular weight is 551 g/mol. The lowest BCUT2D eigenvalue weighted by Gasteiger charge is -2.10. The zero-order valence-corrected chi connectivity index (χ0v) is 22.4. The SMILES string of the molecule is Cc1cc(/C=N\NC(=O)CSc2ccc(Cl)cc2)c(C)n1-c1ccc(Sc2ccc([N+](=O)[O-])cc2)cc1. The highest BCUT2D eigenvalue weighted by atomic mass is 35.5. The molecule has 4 rings (SSSR count). The molecule has 0 aliphatic heterocycles. The highest BCUT2D eigenvalue weighted by Gasteiger charge is 2.11. The summed E-state index contributed by atoms with van der Waals surface area (Å²) in [5.41, 5.74) is 6.62. The molecule has 1 heterocycles. The quantitative estimate of drug-likeness (QED) is 0.104. The van der Waals surface area contributed by atoms with E-state index in [-0.39, 0.29) is 17.3 Å². The number of nitro benzene ring substituents is 1. The summed E-state index contributed by atoms with van der Waals surface area (Å²) >= 11 is 8.84. The number of benzene rings is 3. The molecule has 1 amide bonds. The van der Waals surface area contributed by atoms with Crippen LogP contribution < -0.4 is 5.43 Å². The number of hydrazone groups is 1.